The van der Waals surface area contributed by atoms with Crippen LogP contribution in [-0.2, 0) is 4.74 Å². The van der Waals surface area contributed by atoms with Crippen LogP contribution in [0.3, 0.4) is 0 Å². The van der Waals surface area contributed by atoms with Crippen molar-refractivity contribution in [1.82, 2.24) is 0 Å². The van der Waals surface area contributed by atoms with Crippen LogP contribution in [0.15, 0.2) is 0 Å². The second-order valence-electron chi connectivity index (χ2n) is 5.40. The Bertz CT molecular complexity index is 144. The third kappa shape index (κ3) is 6.94. The molecule has 0 bridgehead atoms. The lowest BCUT2D eigenvalue weighted by Gasteiger charge is -2.30. The van der Waals surface area contributed by atoms with E-state index in [0.717, 1.165) is 12.5 Å². The van der Waals surface area contributed by atoms with Gasteiger partial charge in [-0.3, -0.25) is 0 Å². The first-order valence-electron chi connectivity index (χ1n) is 6.57. The van der Waals surface area contributed by atoms with Crippen LogP contribution in [0.5, 0.6) is 0 Å². The summed E-state index contributed by atoms with van der Waals surface area (Å²) in [7, 11) is 1.83. The van der Waals surface area contributed by atoms with Crippen molar-refractivity contribution < 1.29 is 4.74 Å². The minimum absolute atomic E-state index is 0.411. The monoisotopic (exact) mass is 214 g/mol. The number of hydrogen-bond acceptors (Lipinski definition) is 1. The minimum Gasteiger partial charge on any atom is -0.384 e. The van der Waals surface area contributed by atoms with Crippen molar-refractivity contribution in [1.29, 1.82) is 0 Å². The molecule has 0 spiro atoms. The third-order valence-corrected chi connectivity index (χ3v) is 3.56. The fourth-order valence-corrected chi connectivity index (χ4v) is 2.02. The molecule has 0 saturated heterocycles. The zero-order chi connectivity index (χ0) is 11.7. The minimum atomic E-state index is 0.411. The van der Waals surface area contributed by atoms with Crippen LogP contribution in [0.1, 0.15) is 66.2 Å². The molecular weight excluding hydrogens is 184 g/mol. The van der Waals surface area contributed by atoms with E-state index in [9.17, 15) is 0 Å². The van der Waals surface area contributed by atoms with E-state index in [1.165, 1.54) is 38.5 Å². The van der Waals surface area contributed by atoms with Crippen LogP contribution in [-0.4, -0.2) is 13.7 Å². The standard InChI is InChI=1S/C14H30O/c1-6-8-10-14(4,12-15-5)11-9-13(3)7-2/h13H,6-12H2,1-5H3. The van der Waals surface area contributed by atoms with Crippen molar-refractivity contribution in [2.75, 3.05) is 13.7 Å². The summed E-state index contributed by atoms with van der Waals surface area (Å²) < 4.78 is 5.37. The Morgan fingerprint density at radius 3 is 2.33 bits per heavy atom. The second-order valence-corrected chi connectivity index (χ2v) is 5.40. The van der Waals surface area contributed by atoms with Gasteiger partial charge in [-0.25, -0.2) is 0 Å². The van der Waals surface area contributed by atoms with E-state index in [2.05, 4.69) is 27.7 Å². The lowest BCUT2D eigenvalue weighted by atomic mass is 9.79. The quantitative estimate of drug-likeness (QED) is 0.542. The van der Waals surface area contributed by atoms with Gasteiger partial charge in [0.25, 0.3) is 0 Å². The summed E-state index contributed by atoms with van der Waals surface area (Å²) >= 11 is 0. The van der Waals surface area contributed by atoms with Gasteiger partial charge in [0.2, 0.25) is 0 Å². The molecule has 2 atom stereocenters. The van der Waals surface area contributed by atoms with E-state index in [0.29, 0.717) is 5.41 Å². The summed E-state index contributed by atoms with van der Waals surface area (Å²) in [5.41, 5.74) is 0.411. The summed E-state index contributed by atoms with van der Waals surface area (Å²) in [6, 6.07) is 0. The van der Waals surface area contributed by atoms with Crippen LogP contribution in [0, 0.1) is 11.3 Å². The molecule has 0 aliphatic heterocycles. The molecule has 1 heteroatoms. The molecule has 0 aliphatic rings. The smallest absolute Gasteiger partial charge is 0.0515 e. The van der Waals surface area contributed by atoms with Crippen LogP contribution >= 0.6 is 0 Å². The summed E-state index contributed by atoms with van der Waals surface area (Å²) in [6.07, 6.45) is 7.91. The van der Waals surface area contributed by atoms with Crippen molar-refractivity contribution in [2.45, 2.75) is 66.2 Å². The second kappa shape index (κ2) is 8.15. The molecule has 0 heterocycles. The highest BCUT2D eigenvalue weighted by Gasteiger charge is 2.23. The Morgan fingerprint density at radius 1 is 1.20 bits per heavy atom. The first-order chi connectivity index (χ1) is 7.08. The topological polar surface area (TPSA) is 9.23 Å². The van der Waals surface area contributed by atoms with Crippen molar-refractivity contribution >= 4 is 0 Å². The molecule has 0 radical (unpaired) electrons. The Kier molecular flexibility index (Phi) is 8.13. The zero-order valence-electron chi connectivity index (χ0n) is 11.4. The molecule has 15 heavy (non-hydrogen) atoms. The average molecular weight is 214 g/mol. The van der Waals surface area contributed by atoms with Gasteiger partial charge < -0.3 is 4.74 Å². The molecule has 0 amide bonds. The van der Waals surface area contributed by atoms with Crippen molar-refractivity contribution in [3.63, 3.8) is 0 Å². The summed E-state index contributed by atoms with van der Waals surface area (Å²) in [6.45, 7) is 10.2. The van der Waals surface area contributed by atoms with Gasteiger partial charge in [-0.15, -0.1) is 0 Å². The Hall–Kier alpha value is -0.0400. The van der Waals surface area contributed by atoms with E-state index >= 15 is 0 Å². The molecule has 2 unspecified atom stereocenters. The van der Waals surface area contributed by atoms with Gasteiger partial charge in [0.15, 0.2) is 0 Å². The van der Waals surface area contributed by atoms with E-state index in [4.69, 9.17) is 4.74 Å². The summed E-state index contributed by atoms with van der Waals surface area (Å²) in [5.74, 6) is 0.864. The molecule has 0 aliphatic carbocycles. The van der Waals surface area contributed by atoms with Gasteiger partial charge >= 0.3 is 0 Å². The molecule has 0 aromatic heterocycles. The molecule has 0 aromatic carbocycles. The maximum absolute atomic E-state index is 5.37. The van der Waals surface area contributed by atoms with Gasteiger partial charge in [-0.1, -0.05) is 53.4 Å². The fraction of sp³-hybridized carbons (Fsp3) is 1.00. The number of rotatable bonds is 9. The molecule has 0 rings (SSSR count). The zero-order valence-corrected chi connectivity index (χ0v) is 11.4. The first-order valence-corrected chi connectivity index (χ1v) is 6.57. The highest BCUT2D eigenvalue weighted by atomic mass is 16.5. The highest BCUT2D eigenvalue weighted by molar-refractivity contribution is 4.74. The third-order valence-electron chi connectivity index (χ3n) is 3.56. The van der Waals surface area contributed by atoms with Gasteiger partial charge in [-0.05, 0) is 24.2 Å². The molecule has 0 aromatic rings. The van der Waals surface area contributed by atoms with Crippen molar-refractivity contribution in [3.05, 3.63) is 0 Å². The Balaban J connectivity index is 3.99. The summed E-state index contributed by atoms with van der Waals surface area (Å²) in [4.78, 5) is 0. The lowest BCUT2D eigenvalue weighted by Crippen LogP contribution is -2.23. The molecular formula is C14H30O. The molecule has 0 fully saturated rings. The maximum atomic E-state index is 5.37. The van der Waals surface area contributed by atoms with Crippen LogP contribution < -0.4 is 0 Å². The van der Waals surface area contributed by atoms with Crippen LogP contribution in [0.25, 0.3) is 0 Å². The van der Waals surface area contributed by atoms with E-state index < -0.39 is 0 Å². The predicted molar refractivity (Wildman–Crippen MR) is 68.2 cm³/mol. The van der Waals surface area contributed by atoms with Gasteiger partial charge in [-0.2, -0.15) is 0 Å². The number of hydrogen-bond donors (Lipinski definition) is 0. The van der Waals surface area contributed by atoms with Gasteiger partial charge in [0.05, 0.1) is 6.61 Å². The number of methoxy groups -OCH3 is 1. The first kappa shape index (κ1) is 15.0. The van der Waals surface area contributed by atoms with Gasteiger partial charge in [0, 0.05) is 7.11 Å². The van der Waals surface area contributed by atoms with E-state index in [1.807, 2.05) is 7.11 Å². The summed E-state index contributed by atoms with van der Waals surface area (Å²) in [5, 5.41) is 0. The number of ether oxygens (including phenoxy) is 1. The van der Waals surface area contributed by atoms with Crippen molar-refractivity contribution in [2.24, 2.45) is 11.3 Å². The molecule has 1 nitrogen and oxygen atoms in total. The highest BCUT2D eigenvalue weighted by Crippen LogP contribution is 2.32. The van der Waals surface area contributed by atoms with Gasteiger partial charge in [0.1, 0.15) is 0 Å². The van der Waals surface area contributed by atoms with Crippen molar-refractivity contribution in [3.8, 4) is 0 Å². The fourth-order valence-electron chi connectivity index (χ4n) is 2.02. The predicted octanol–water partition coefficient (Wildman–Crippen LogP) is 4.66. The number of unbranched alkanes of at least 4 members (excludes halogenated alkanes) is 1. The molecule has 92 valence electrons. The lowest BCUT2D eigenvalue weighted by molar-refractivity contribution is 0.0719. The molecule has 0 N–H and O–H groups in total. The van der Waals surface area contributed by atoms with E-state index in [1.54, 1.807) is 0 Å². The maximum Gasteiger partial charge on any atom is 0.0515 e. The molecule has 0 saturated carbocycles. The SMILES string of the molecule is CCCCC(C)(CCC(C)CC)COC. The Morgan fingerprint density at radius 2 is 1.87 bits per heavy atom. The normalized spacial score (nSPS) is 17.4. The Labute approximate surface area is 96.6 Å². The van der Waals surface area contributed by atoms with Crippen LogP contribution in [0.4, 0.5) is 0 Å². The van der Waals surface area contributed by atoms with Crippen LogP contribution in [0.2, 0.25) is 0 Å². The largest absolute Gasteiger partial charge is 0.384 e. The average Bonchev–Trinajstić information content (AvgIpc) is 2.24. The van der Waals surface area contributed by atoms with E-state index in [-0.39, 0.29) is 0 Å².